The van der Waals surface area contributed by atoms with Gasteiger partial charge in [0, 0.05) is 9.81 Å². The maximum atomic E-state index is 8.61. The largest absolute Gasteiger partial charge is 0.495 e. The van der Waals surface area contributed by atoms with Crippen LogP contribution < -0.4 is 9.47 Å². The molecule has 0 aliphatic carbocycles. The molecular formula is C14H13N3O2S. The van der Waals surface area contributed by atoms with Crippen molar-refractivity contribution in [2.45, 2.75) is 9.79 Å². The standard InChI is InChI=1S/C14H13N3O2S/c1-18-11-7-5-8-12(19-2)14(11)20-13-9-4-3-6-10(13)16-17-15/h3-9H,1-2H3. The lowest BCUT2D eigenvalue weighted by atomic mass is 10.3. The van der Waals surface area contributed by atoms with Crippen molar-refractivity contribution >= 4 is 17.4 Å². The van der Waals surface area contributed by atoms with E-state index in [-0.39, 0.29) is 0 Å². The van der Waals surface area contributed by atoms with E-state index in [9.17, 15) is 0 Å². The van der Waals surface area contributed by atoms with Crippen molar-refractivity contribution < 1.29 is 9.47 Å². The Kier molecular flexibility index (Phi) is 4.76. The highest BCUT2D eigenvalue weighted by molar-refractivity contribution is 7.99. The summed E-state index contributed by atoms with van der Waals surface area (Å²) >= 11 is 1.44. The topological polar surface area (TPSA) is 67.2 Å². The maximum absolute atomic E-state index is 8.61. The summed E-state index contributed by atoms with van der Waals surface area (Å²) in [5.74, 6) is 1.43. The average Bonchev–Trinajstić information content (AvgIpc) is 2.49. The number of nitrogens with zero attached hydrogens (tertiary/aromatic N) is 3. The van der Waals surface area contributed by atoms with Gasteiger partial charge in [-0.3, -0.25) is 0 Å². The monoisotopic (exact) mass is 287 g/mol. The first-order valence-corrected chi connectivity index (χ1v) is 6.64. The third-order valence-corrected chi connectivity index (χ3v) is 3.78. The molecule has 0 aromatic heterocycles. The molecule has 0 saturated heterocycles. The van der Waals surface area contributed by atoms with E-state index in [2.05, 4.69) is 10.0 Å². The fraction of sp³-hybridized carbons (Fsp3) is 0.143. The number of hydrogen-bond donors (Lipinski definition) is 0. The van der Waals surface area contributed by atoms with Crippen LogP contribution in [0.4, 0.5) is 5.69 Å². The van der Waals surface area contributed by atoms with E-state index < -0.39 is 0 Å². The first-order chi connectivity index (χ1) is 9.80. The van der Waals surface area contributed by atoms with Crippen LogP contribution in [0.15, 0.2) is 57.4 Å². The Morgan fingerprint density at radius 2 is 1.65 bits per heavy atom. The summed E-state index contributed by atoms with van der Waals surface area (Å²) in [5.41, 5.74) is 9.19. The number of azide groups is 1. The van der Waals surface area contributed by atoms with E-state index in [0.29, 0.717) is 17.2 Å². The highest BCUT2D eigenvalue weighted by atomic mass is 32.2. The molecule has 0 fully saturated rings. The number of ether oxygens (including phenoxy) is 2. The summed E-state index contributed by atoms with van der Waals surface area (Å²) < 4.78 is 10.7. The summed E-state index contributed by atoms with van der Waals surface area (Å²) in [5, 5.41) is 3.69. The summed E-state index contributed by atoms with van der Waals surface area (Å²) in [6.45, 7) is 0. The minimum atomic E-state index is 0.577. The average molecular weight is 287 g/mol. The van der Waals surface area contributed by atoms with Gasteiger partial charge in [0.25, 0.3) is 0 Å². The maximum Gasteiger partial charge on any atom is 0.136 e. The molecule has 0 atom stereocenters. The molecule has 0 aliphatic heterocycles. The van der Waals surface area contributed by atoms with Crippen molar-refractivity contribution in [1.82, 2.24) is 0 Å². The molecule has 2 aromatic rings. The van der Waals surface area contributed by atoms with Gasteiger partial charge < -0.3 is 9.47 Å². The third-order valence-electron chi connectivity index (χ3n) is 2.61. The van der Waals surface area contributed by atoms with Gasteiger partial charge in [0.05, 0.1) is 24.8 Å². The lowest BCUT2D eigenvalue weighted by Gasteiger charge is -2.13. The van der Waals surface area contributed by atoms with Crippen LogP contribution in [0.5, 0.6) is 11.5 Å². The second-order valence-electron chi connectivity index (χ2n) is 3.75. The Morgan fingerprint density at radius 1 is 1.00 bits per heavy atom. The molecule has 5 nitrogen and oxygen atoms in total. The second kappa shape index (κ2) is 6.75. The van der Waals surface area contributed by atoms with Gasteiger partial charge >= 0.3 is 0 Å². The van der Waals surface area contributed by atoms with Crippen LogP contribution in [0.2, 0.25) is 0 Å². The minimum Gasteiger partial charge on any atom is -0.495 e. The Balaban J connectivity index is 2.47. The van der Waals surface area contributed by atoms with Crippen molar-refractivity contribution in [3.05, 3.63) is 52.9 Å². The molecule has 20 heavy (non-hydrogen) atoms. The van der Waals surface area contributed by atoms with Gasteiger partial charge in [0.15, 0.2) is 0 Å². The molecule has 0 unspecified atom stereocenters. The smallest absolute Gasteiger partial charge is 0.136 e. The van der Waals surface area contributed by atoms with Gasteiger partial charge in [-0.15, -0.1) is 0 Å². The molecule has 0 spiro atoms. The van der Waals surface area contributed by atoms with Crippen LogP contribution in [0.3, 0.4) is 0 Å². The fourth-order valence-corrected chi connectivity index (χ4v) is 2.79. The summed E-state index contributed by atoms with van der Waals surface area (Å²) in [6.07, 6.45) is 0. The zero-order chi connectivity index (χ0) is 14.4. The van der Waals surface area contributed by atoms with Gasteiger partial charge in [-0.2, -0.15) is 0 Å². The van der Waals surface area contributed by atoms with E-state index in [4.69, 9.17) is 15.0 Å². The molecule has 0 amide bonds. The van der Waals surface area contributed by atoms with Crippen molar-refractivity contribution in [3.8, 4) is 11.5 Å². The molecule has 0 heterocycles. The third kappa shape index (κ3) is 2.99. The number of methoxy groups -OCH3 is 2. The Hall–Kier alpha value is -2.30. The van der Waals surface area contributed by atoms with Gasteiger partial charge in [-0.05, 0) is 23.7 Å². The van der Waals surface area contributed by atoms with Crippen LogP contribution in [0, 0.1) is 0 Å². The minimum absolute atomic E-state index is 0.577. The number of benzene rings is 2. The van der Waals surface area contributed by atoms with E-state index in [1.165, 1.54) is 11.8 Å². The summed E-state index contributed by atoms with van der Waals surface area (Å²) in [7, 11) is 3.22. The van der Waals surface area contributed by atoms with Crippen molar-refractivity contribution in [3.63, 3.8) is 0 Å². The molecule has 0 saturated carbocycles. The second-order valence-corrected chi connectivity index (χ2v) is 4.80. The van der Waals surface area contributed by atoms with Crippen molar-refractivity contribution in [1.29, 1.82) is 0 Å². The molecule has 6 heteroatoms. The summed E-state index contributed by atoms with van der Waals surface area (Å²) in [4.78, 5) is 4.53. The molecule has 0 N–H and O–H groups in total. The van der Waals surface area contributed by atoms with E-state index in [1.54, 1.807) is 20.3 Å². The van der Waals surface area contributed by atoms with Gasteiger partial charge in [0.1, 0.15) is 11.5 Å². The van der Waals surface area contributed by atoms with Crippen LogP contribution in [-0.4, -0.2) is 14.2 Å². The molecule has 2 aromatic carbocycles. The zero-order valence-corrected chi connectivity index (χ0v) is 11.9. The SMILES string of the molecule is COc1cccc(OC)c1Sc1ccccc1N=[N+]=[N-]. The van der Waals surface area contributed by atoms with Crippen LogP contribution >= 0.6 is 11.8 Å². The first kappa shape index (κ1) is 14.1. The van der Waals surface area contributed by atoms with Gasteiger partial charge in [-0.25, -0.2) is 0 Å². The van der Waals surface area contributed by atoms with Crippen LogP contribution in [-0.2, 0) is 0 Å². The summed E-state index contributed by atoms with van der Waals surface area (Å²) in [6, 6.07) is 13.0. The van der Waals surface area contributed by atoms with Crippen molar-refractivity contribution in [2.75, 3.05) is 14.2 Å². The Morgan fingerprint density at radius 3 is 2.25 bits per heavy atom. The molecule has 0 aliphatic rings. The predicted octanol–water partition coefficient (Wildman–Crippen LogP) is 4.80. The molecule has 0 bridgehead atoms. The number of hydrogen-bond acceptors (Lipinski definition) is 4. The highest BCUT2D eigenvalue weighted by Gasteiger charge is 2.13. The van der Waals surface area contributed by atoms with E-state index in [1.807, 2.05) is 36.4 Å². The van der Waals surface area contributed by atoms with Crippen LogP contribution in [0.1, 0.15) is 0 Å². The molecule has 2 rings (SSSR count). The number of rotatable bonds is 5. The lowest BCUT2D eigenvalue weighted by Crippen LogP contribution is -1.91. The van der Waals surface area contributed by atoms with E-state index >= 15 is 0 Å². The first-order valence-electron chi connectivity index (χ1n) is 5.83. The van der Waals surface area contributed by atoms with Crippen molar-refractivity contribution in [2.24, 2.45) is 5.11 Å². The molecular weight excluding hydrogens is 274 g/mol. The van der Waals surface area contributed by atoms with Gasteiger partial charge in [0.2, 0.25) is 0 Å². The lowest BCUT2D eigenvalue weighted by molar-refractivity contribution is 0.376. The van der Waals surface area contributed by atoms with Crippen LogP contribution in [0.25, 0.3) is 10.4 Å². The predicted molar refractivity (Wildman–Crippen MR) is 78.9 cm³/mol. The molecule has 0 radical (unpaired) electrons. The normalized spacial score (nSPS) is 9.70. The van der Waals surface area contributed by atoms with Gasteiger partial charge in [-0.1, -0.05) is 41.1 Å². The Labute approximate surface area is 121 Å². The zero-order valence-electron chi connectivity index (χ0n) is 11.1. The Bertz CT molecular complexity index is 632. The fourth-order valence-electron chi connectivity index (χ4n) is 1.70. The quantitative estimate of drug-likeness (QED) is 0.451. The highest BCUT2D eigenvalue weighted by Crippen LogP contribution is 2.44. The van der Waals surface area contributed by atoms with E-state index in [0.717, 1.165) is 9.79 Å². The molecule has 102 valence electrons.